The lowest BCUT2D eigenvalue weighted by Crippen LogP contribution is -2.21. The standard InChI is InChI=1S/C16H27NO/c1-6-18-9-7-8-17-15(5)16-11-13(3)12(2)10-14(16)4/h10-11,15,17H,6-9H2,1-5H3. The van der Waals surface area contributed by atoms with Crippen molar-refractivity contribution in [2.45, 2.75) is 47.1 Å². The van der Waals surface area contributed by atoms with Crippen molar-refractivity contribution in [3.8, 4) is 0 Å². The van der Waals surface area contributed by atoms with E-state index in [0.29, 0.717) is 6.04 Å². The van der Waals surface area contributed by atoms with E-state index in [-0.39, 0.29) is 0 Å². The molecule has 1 aromatic carbocycles. The van der Waals surface area contributed by atoms with E-state index in [1.807, 2.05) is 6.92 Å². The minimum Gasteiger partial charge on any atom is -0.382 e. The Morgan fingerprint density at radius 1 is 1.11 bits per heavy atom. The second kappa shape index (κ2) is 7.55. The third kappa shape index (κ3) is 4.43. The molecule has 1 N–H and O–H groups in total. The van der Waals surface area contributed by atoms with E-state index in [1.54, 1.807) is 0 Å². The van der Waals surface area contributed by atoms with Crippen molar-refractivity contribution in [2.75, 3.05) is 19.8 Å². The molecule has 0 saturated carbocycles. The summed E-state index contributed by atoms with van der Waals surface area (Å²) in [6.07, 6.45) is 1.07. The Balaban J connectivity index is 2.51. The van der Waals surface area contributed by atoms with Crippen LogP contribution in [0.2, 0.25) is 0 Å². The summed E-state index contributed by atoms with van der Waals surface area (Å²) in [5, 5.41) is 3.57. The first kappa shape index (κ1) is 15.2. The molecule has 0 saturated heterocycles. The third-order valence-corrected chi connectivity index (χ3v) is 3.47. The topological polar surface area (TPSA) is 21.3 Å². The van der Waals surface area contributed by atoms with Gasteiger partial charge in [-0.1, -0.05) is 12.1 Å². The zero-order chi connectivity index (χ0) is 13.5. The summed E-state index contributed by atoms with van der Waals surface area (Å²) in [5.41, 5.74) is 5.54. The predicted molar refractivity (Wildman–Crippen MR) is 78.2 cm³/mol. The van der Waals surface area contributed by atoms with Crippen LogP contribution >= 0.6 is 0 Å². The first-order chi connectivity index (χ1) is 8.56. The van der Waals surface area contributed by atoms with Crippen LogP contribution in [0.4, 0.5) is 0 Å². The first-order valence-electron chi connectivity index (χ1n) is 6.95. The van der Waals surface area contributed by atoms with Gasteiger partial charge in [0.25, 0.3) is 0 Å². The molecule has 1 rings (SSSR count). The average Bonchev–Trinajstić information content (AvgIpc) is 2.33. The molecule has 1 aromatic rings. The van der Waals surface area contributed by atoms with Gasteiger partial charge in [-0.05, 0) is 69.8 Å². The molecule has 0 aromatic heterocycles. The summed E-state index contributed by atoms with van der Waals surface area (Å²) in [4.78, 5) is 0. The van der Waals surface area contributed by atoms with E-state index in [0.717, 1.165) is 26.2 Å². The number of benzene rings is 1. The number of rotatable bonds is 7. The molecule has 0 spiro atoms. The van der Waals surface area contributed by atoms with Crippen LogP contribution in [0.15, 0.2) is 12.1 Å². The van der Waals surface area contributed by atoms with Crippen LogP contribution in [0.3, 0.4) is 0 Å². The molecule has 0 fully saturated rings. The number of aryl methyl sites for hydroxylation is 3. The predicted octanol–water partition coefficient (Wildman–Crippen LogP) is 3.69. The lowest BCUT2D eigenvalue weighted by atomic mass is 9.96. The van der Waals surface area contributed by atoms with Crippen molar-refractivity contribution in [2.24, 2.45) is 0 Å². The van der Waals surface area contributed by atoms with Crippen LogP contribution in [0.5, 0.6) is 0 Å². The van der Waals surface area contributed by atoms with Gasteiger partial charge >= 0.3 is 0 Å². The Hall–Kier alpha value is -0.860. The fourth-order valence-corrected chi connectivity index (χ4v) is 2.20. The maximum Gasteiger partial charge on any atom is 0.0477 e. The molecule has 1 unspecified atom stereocenters. The van der Waals surface area contributed by atoms with Gasteiger partial charge in [0.15, 0.2) is 0 Å². The Morgan fingerprint density at radius 2 is 1.78 bits per heavy atom. The molecule has 0 aliphatic rings. The van der Waals surface area contributed by atoms with Gasteiger partial charge in [0.2, 0.25) is 0 Å². The molecule has 2 heteroatoms. The van der Waals surface area contributed by atoms with Crippen LogP contribution in [0.1, 0.15) is 48.6 Å². The molecule has 0 aliphatic heterocycles. The summed E-state index contributed by atoms with van der Waals surface area (Å²) in [7, 11) is 0. The number of hydrogen-bond acceptors (Lipinski definition) is 2. The zero-order valence-electron chi connectivity index (χ0n) is 12.5. The van der Waals surface area contributed by atoms with E-state index in [1.165, 1.54) is 22.3 Å². The summed E-state index contributed by atoms with van der Waals surface area (Å²) in [5.74, 6) is 0. The molecule has 102 valence electrons. The molecular formula is C16H27NO. The van der Waals surface area contributed by atoms with Crippen molar-refractivity contribution in [3.63, 3.8) is 0 Å². The average molecular weight is 249 g/mol. The van der Waals surface area contributed by atoms with Crippen LogP contribution in [-0.2, 0) is 4.74 Å². The molecule has 0 amide bonds. The Bertz CT molecular complexity index is 374. The maximum atomic E-state index is 5.34. The molecule has 0 heterocycles. The van der Waals surface area contributed by atoms with Gasteiger partial charge in [0.1, 0.15) is 0 Å². The first-order valence-corrected chi connectivity index (χ1v) is 6.95. The lowest BCUT2D eigenvalue weighted by Gasteiger charge is -2.18. The maximum absolute atomic E-state index is 5.34. The molecular weight excluding hydrogens is 222 g/mol. The van der Waals surface area contributed by atoms with E-state index in [9.17, 15) is 0 Å². The minimum atomic E-state index is 0.408. The van der Waals surface area contributed by atoms with Gasteiger partial charge < -0.3 is 10.1 Å². The fraction of sp³-hybridized carbons (Fsp3) is 0.625. The second-order valence-corrected chi connectivity index (χ2v) is 5.02. The van der Waals surface area contributed by atoms with E-state index < -0.39 is 0 Å². The van der Waals surface area contributed by atoms with Crippen LogP contribution in [-0.4, -0.2) is 19.8 Å². The number of ether oxygens (including phenoxy) is 1. The normalized spacial score (nSPS) is 12.7. The Morgan fingerprint density at radius 3 is 2.44 bits per heavy atom. The van der Waals surface area contributed by atoms with Crippen LogP contribution in [0.25, 0.3) is 0 Å². The highest BCUT2D eigenvalue weighted by Gasteiger charge is 2.09. The van der Waals surface area contributed by atoms with Gasteiger partial charge in [-0.25, -0.2) is 0 Å². The summed E-state index contributed by atoms with van der Waals surface area (Å²) < 4.78 is 5.34. The Kier molecular flexibility index (Phi) is 6.37. The van der Waals surface area contributed by atoms with E-state index in [2.05, 4.69) is 45.1 Å². The quantitative estimate of drug-likeness (QED) is 0.744. The molecule has 0 aliphatic carbocycles. The van der Waals surface area contributed by atoms with Gasteiger partial charge in [-0.3, -0.25) is 0 Å². The van der Waals surface area contributed by atoms with Crippen LogP contribution < -0.4 is 5.32 Å². The highest BCUT2D eigenvalue weighted by molar-refractivity contribution is 5.37. The van der Waals surface area contributed by atoms with Crippen molar-refractivity contribution in [3.05, 3.63) is 34.4 Å². The molecule has 1 atom stereocenters. The number of nitrogens with one attached hydrogen (secondary N) is 1. The van der Waals surface area contributed by atoms with Crippen molar-refractivity contribution < 1.29 is 4.74 Å². The highest BCUT2D eigenvalue weighted by Crippen LogP contribution is 2.21. The van der Waals surface area contributed by atoms with E-state index >= 15 is 0 Å². The minimum absolute atomic E-state index is 0.408. The van der Waals surface area contributed by atoms with Crippen LogP contribution in [0, 0.1) is 20.8 Å². The van der Waals surface area contributed by atoms with Gasteiger partial charge in [0.05, 0.1) is 0 Å². The fourth-order valence-electron chi connectivity index (χ4n) is 2.20. The molecule has 0 radical (unpaired) electrons. The van der Waals surface area contributed by atoms with Gasteiger partial charge in [0, 0.05) is 19.3 Å². The Labute approximate surface area is 112 Å². The summed E-state index contributed by atoms with van der Waals surface area (Å²) in [6, 6.07) is 5.00. The van der Waals surface area contributed by atoms with Crippen molar-refractivity contribution in [1.82, 2.24) is 5.32 Å². The smallest absolute Gasteiger partial charge is 0.0477 e. The molecule has 2 nitrogen and oxygen atoms in total. The van der Waals surface area contributed by atoms with Crippen molar-refractivity contribution >= 4 is 0 Å². The van der Waals surface area contributed by atoms with Gasteiger partial charge in [-0.2, -0.15) is 0 Å². The number of hydrogen-bond donors (Lipinski definition) is 1. The zero-order valence-corrected chi connectivity index (χ0v) is 12.5. The lowest BCUT2D eigenvalue weighted by molar-refractivity contribution is 0.144. The molecule has 18 heavy (non-hydrogen) atoms. The SMILES string of the molecule is CCOCCCNC(C)c1cc(C)c(C)cc1C. The van der Waals surface area contributed by atoms with E-state index in [4.69, 9.17) is 4.74 Å². The summed E-state index contributed by atoms with van der Waals surface area (Å²) >= 11 is 0. The highest BCUT2D eigenvalue weighted by atomic mass is 16.5. The molecule has 0 bridgehead atoms. The summed E-state index contributed by atoms with van der Waals surface area (Å²) in [6.45, 7) is 13.5. The second-order valence-electron chi connectivity index (χ2n) is 5.02. The largest absolute Gasteiger partial charge is 0.382 e. The monoisotopic (exact) mass is 249 g/mol. The van der Waals surface area contributed by atoms with Gasteiger partial charge in [-0.15, -0.1) is 0 Å². The third-order valence-electron chi connectivity index (χ3n) is 3.47. The van der Waals surface area contributed by atoms with Crippen molar-refractivity contribution in [1.29, 1.82) is 0 Å².